The van der Waals surface area contributed by atoms with Gasteiger partial charge < -0.3 is 14.8 Å². The zero-order chi connectivity index (χ0) is 18.5. The second-order valence-corrected chi connectivity index (χ2v) is 7.25. The summed E-state index contributed by atoms with van der Waals surface area (Å²) >= 11 is 1.58. The molecule has 0 radical (unpaired) electrons. The van der Waals surface area contributed by atoms with Crippen molar-refractivity contribution in [3.63, 3.8) is 0 Å². The molecule has 4 rings (SSSR count). The van der Waals surface area contributed by atoms with Crippen molar-refractivity contribution in [1.82, 2.24) is 20.4 Å². The second-order valence-electron chi connectivity index (χ2n) is 6.30. The third kappa shape index (κ3) is 4.25. The number of carbonyl (C=O) groups excluding carboxylic acids is 1. The lowest BCUT2D eigenvalue weighted by atomic mass is 10.1. The number of hydrogen-bond donors (Lipinski definition) is 2. The highest BCUT2D eigenvalue weighted by Gasteiger charge is 2.10. The van der Waals surface area contributed by atoms with Crippen LogP contribution < -0.4 is 5.32 Å². The van der Waals surface area contributed by atoms with Crippen LogP contribution in [0.15, 0.2) is 52.5 Å². The number of fused-ring (bicyclic) bond motifs is 1. The molecule has 0 spiro atoms. The van der Waals surface area contributed by atoms with Gasteiger partial charge in [-0.3, -0.25) is 4.79 Å². The Balaban J connectivity index is 1.19. The Morgan fingerprint density at radius 2 is 2.11 bits per heavy atom. The minimum absolute atomic E-state index is 0.0489. The molecule has 0 saturated carbocycles. The number of benzene rings is 1. The Kier molecular flexibility index (Phi) is 5.29. The van der Waals surface area contributed by atoms with Crippen molar-refractivity contribution >= 4 is 28.1 Å². The molecule has 0 saturated heterocycles. The van der Waals surface area contributed by atoms with Gasteiger partial charge >= 0.3 is 0 Å². The lowest BCUT2D eigenvalue weighted by molar-refractivity contribution is -0.121. The lowest BCUT2D eigenvalue weighted by Crippen LogP contribution is -2.25. The quantitative estimate of drug-likeness (QED) is 0.485. The minimum atomic E-state index is 0.0489. The third-order valence-corrected chi connectivity index (χ3v) is 5.26. The maximum absolute atomic E-state index is 12.0. The van der Waals surface area contributed by atoms with E-state index >= 15 is 0 Å². The number of para-hydroxylation sites is 1. The molecule has 0 atom stereocenters. The van der Waals surface area contributed by atoms with Gasteiger partial charge in [0.1, 0.15) is 0 Å². The van der Waals surface area contributed by atoms with Crippen molar-refractivity contribution in [3.05, 3.63) is 59.4 Å². The van der Waals surface area contributed by atoms with Crippen LogP contribution in [0, 0.1) is 0 Å². The van der Waals surface area contributed by atoms with E-state index < -0.39 is 0 Å². The average Bonchev–Trinajstić information content (AvgIpc) is 3.43. The molecular weight excluding hydrogens is 360 g/mol. The summed E-state index contributed by atoms with van der Waals surface area (Å²) < 4.78 is 5.25. The van der Waals surface area contributed by atoms with Gasteiger partial charge in [-0.1, -0.05) is 29.4 Å². The number of carbonyl (C=O) groups is 1. The van der Waals surface area contributed by atoms with Gasteiger partial charge in [0.2, 0.25) is 17.6 Å². The number of nitrogens with one attached hydrogen (secondary N) is 2. The number of amides is 1. The number of aromatic nitrogens is 3. The predicted octanol–water partition coefficient (Wildman–Crippen LogP) is 3.96. The highest BCUT2D eigenvalue weighted by molar-refractivity contribution is 7.13. The molecule has 0 aliphatic rings. The monoisotopic (exact) mass is 380 g/mol. The molecule has 3 aromatic heterocycles. The number of hydrogen-bond acceptors (Lipinski definition) is 5. The topological polar surface area (TPSA) is 83.8 Å². The van der Waals surface area contributed by atoms with Crippen molar-refractivity contribution in [2.24, 2.45) is 0 Å². The van der Waals surface area contributed by atoms with Crippen LogP contribution in [0.5, 0.6) is 0 Å². The molecule has 1 aromatic carbocycles. The smallest absolute Gasteiger partial charge is 0.226 e. The fourth-order valence-corrected chi connectivity index (χ4v) is 3.68. The van der Waals surface area contributed by atoms with Crippen LogP contribution in [0.2, 0.25) is 0 Å². The summed E-state index contributed by atoms with van der Waals surface area (Å²) in [5, 5.41) is 10.2. The number of nitrogens with zero attached hydrogens (tertiary/aromatic N) is 2. The largest absolute Gasteiger partial charge is 0.361 e. The van der Waals surface area contributed by atoms with E-state index in [9.17, 15) is 4.79 Å². The SMILES string of the molecule is O=C(CCCc1nc(-c2cccs2)no1)NCCc1c[nH]c2ccccc12. The Bertz CT molecular complexity index is 1020. The van der Waals surface area contributed by atoms with Crippen molar-refractivity contribution < 1.29 is 9.32 Å². The Morgan fingerprint density at radius 3 is 3.00 bits per heavy atom. The average molecular weight is 380 g/mol. The van der Waals surface area contributed by atoms with E-state index in [1.165, 1.54) is 10.9 Å². The highest BCUT2D eigenvalue weighted by Crippen LogP contribution is 2.21. The summed E-state index contributed by atoms with van der Waals surface area (Å²) in [6.45, 7) is 0.629. The highest BCUT2D eigenvalue weighted by atomic mass is 32.1. The van der Waals surface area contributed by atoms with Crippen LogP contribution >= 0.6 is 11.3 Å². The molecule has 3 heterocycles. The first kappa shape index (κ1) is 17.5. The fourth-order valence-electron chi connectivity index (χ4n) is 3.03. The molecule has 0 aliphatic carbocycles. The van der Waals surface area contributed by atoms with E-state index in [0.717, 1.165) is 16.8 Å². The Morgan fingerprint density at radius 1 is 1.19 bits per heavy atom. The van der Waals surface area contributed by atoms with Gasteiger partial charge in [-0.25, -0.2) is 0 Å². The normalized spacial score (nSPS) is 11.1. The molecule has 0 unspecified atom stereocenters. The molecule has 27 heavy (non-hydrogen) atoms. The predicted molar refractivity (Wildman–Crippen MR) is 106 cm³/mol. The van der Waals surface area contributed by atoms with Gasteiger partial charge in [0, 0.05) is 36.5 Å². The number of rotatable bonds is 8. The standard InChI is InChI=1S/C20H20N4O2S/c25-18(21-11-10-14-13-22-16-6-2-1-5-15(14)16)8-3-9-19-23-20(24-26-19)17-7-4-12-27-17/h1-2,4-7,12-13,22H,3,8-11H2,(H,21,25). The summed E-state index contributed by atoms with van der Waals surface area (Å²) in [5.74, 6) is 1.24. The third-order valence-electron chi connectivity index (χ3n) is 4.40. The van der Waals surface area contributed by atoms with Crippen molar-refractivity contribution in [2.45, 2.75) is 25.7 Å². The van der Waals surface area contributed by atoms with Crippen LogP contribution in [0.3, 0.4) is 0 Å². The summed E-state index contributed by atoms with van der Waals surface area (Å²) in [7, 11) is 0. The van der Waals surface area contributed by atoms with Gasteiger partial charge in [0.05, 0.1) is 4.88 Å². The second kappa shape index (κ2) is 8.18. The van der Waals surface area contributed by atoms with Gasteiger partial charge in [-0.2, -0.15) is 4.98 Å². The van der Waals surface area contributed by atoms with Gasteiger partial charge in [-0.15, -0.1) is 11.3 Å². The zero-order valence-corrected chi connectivity index (χ0v) is 15.6. The van der Waals surface area contributed by atoms with Gasteiger partial charge in [-0.05, 0) is 35.9 Å². The van der Waals surface area contributed by atoms with Crippen molar-refractivity contribution in [1.29, 1.82) is 0 Å². The molecule has 0 fully saturated rings. The van der Waals surface area contributed by atoms with Gasteiger partial charge in [0.15, 0.2) is 0 Å². The Labute approximate surface area is 160 Å². The van der Waals surface area contributed by atoms with Gasteiger partial charge in [0.25, 0.3) is 0 Å². The van der Waals surface area contributed by atoms with Crippen molar-refractivity contribution in [3.8, 4) is 10.7 Å². The number of thiophene rings is 1. The first-order valence-electron chi connectivity index (χ1n) is 8.98. The molecule has 6 nitrogen and oxygen atoms in total. The molecule has 2 N–H and O–H groups in total. The lowest BCUT2D eigenvalue weighted by Gasteiger charge is -2.04. The molecule has 138 valence electrons. The fraction of sp³-hybridized carbons (Fsp3) is 0.250. The molecule has 4 aromatic rings. The zero-order valence-electron chi connectivity index (χ0n) is 14.8. The van der Waals surface area contributed by atoms with E-state index in [-0.39, 0.29) is 5.91 Å². The molecule has 1 amide bonds. The summed E-state index contributed by atoms with van der Waals surface area (Å²) in [6.07, 6.45) is 4.56. The summed E-state index contributed by atoms with van der Waals surface area (Å²) in [6, 6.07) is 12.1. The maximum Gasteiger partial charge on any atom is 0.226 e. The summed E-state index contributed by atoms with van der Waals surface area (Å²) in [5.41, 5.74) is 2.35. The molecule has 0 aliphatic heterocycles. The molecular formula is C20H20N4O2S. The first-order chi connectivity index (χ1) is 13.3. The van der Waals surface area contributed by atoms with Crippen LogP contribution in [0.4, 0.5) is 0 Å². The molecule has 0 bridgehead atoms. The minimum Gasteiger partial charge on any atom is -0.361 e. The maximum atomic E-state index is 12.0. The first-order valence-corrected chi connectivity index (χ1v) is 9.86. The summed E-state index contributed by atoms with van der Waals surface area (Å²) in [4.78, 5) is 20.6. The van der Waals surface area contributed by atoms with Crippen LogP contribution in [-0.2, 0) is 17.6 Å². The number of H-pyrrole nitrogens is 1. The van der Waals surface area contributed by atoms with E-state index in [4.69, 9.17) is 4.52 Å². The van der Waals surface area contributed by atoms with E-state index in [2.05, 4.69) is 32.6 Å². The number of aromatic amines is 1. The van der Waals surface area contributed by atoms with Crippen LogP contribution in [0.1, 0.15) is 24.3 Å². The van der Waals surface area contributed by atoms with E-state index in [1.807, 2.05) is 35.8 Å². The van der Waals surface area contributed by atoms with Crippen molar-refractivity contribution in [2.75, 3.05) is 6.54 Å². The van der Waals surface area contributed by atoms with E-state index in [0.29, 0.717) is 37.5 Å². The van der Waals surface area contributed by atoms with Crippen LogP contribution in [-0.4, -0.2) is 27.6 Å². The molecule has 7 heteroatoms. The Hall–Kier alpha value is -2.93. The van der Waals surface area contributed by atoms with E-state index in [1.54, 1.807) is 11.3 Å². The number of aryl methyl sites for hydroxylation is 1. The van der Waals surface area contributed by atoms with Crippen LogP contribution in [0.25, 0.3) is 21.6 Å².